The summed E-state index contributed by atoms with van der Waals surface area (Å²) in [5.41, 5.74) is 5.13. The van der Waals surface area contributed by atoms with E-state index >= 15 is 0 Å². The van der Waals surface area contributed by atoms with Gasteiger partial charge in [0.15, 0.2) is 0 Å². The Kier molecular flexibility index (Phi) is 3.37. The zero-order valence-corrected chi connectivity index (χ0v) is 15.3. The second kappa shape index (κ2) is 5.30. The molecule has 0 saturated heterocycles. The van der Waals surface area contributed by atoms with Crippen LogP contribution in [0.4, 0.5) is 0 Å². The van der Waals surface area contributed by atoms with Crippen LogP contribution in [-0.4, -0.2) is 18.3 Å². The third-order valence-corrected chi connectivity index (χ3v) is 7.16. The SMILES string of the molecule is Cn1[c](=[Pd]=[c]2n(C)c3ccccc3n2C)n(C)c2ccccc21. The van der Waals surface area contributed by atoms with Gasteiger partial charge in [0, 0.05) is 0 Å². The topological polar surface area (TPSA) is 19.7 Å². The van der Waals surface area contributed by atoms with Crippen molar-refractivity contribution in [3.63, 3.8) is 0 Å². The number of nitrogens with zero attached hydrogens (tertiary/aromatic N) is 4. The Morgan fingerprint density at radius 3 is 1.04 bits per heavy atom. The van der Waals surface area contributed by atoms with Crippen molar-refractivity contribution >= 4 is 22.1 Å². The monoisotopic (exact) mass is 398 g/mol. The molecule has 0 aliphatic heterocycles. The first-order valence-electron chi connectivity index (χ1n) is 7.55. The number of aryl methyl sites for hydroxylation is 4. The van der Waals surface area contributed by atoms with Crippen molar-refractivity contribution < 1.29 is 17.1 Å². The maximum atomic E-state index is 2.32. The van der Waals surface area contributed by atoms with Crippen LogP contribution in [0.1, 0.15) is 0 Å². The molecule has 0 radical (unpaired) electrons. The van der Waals surface area contributed by atoms with Crippen LogP contribution in [-0.2, 0) is 45.3 Å². The molecule has 4 rings (SSSR count). The summed E-state index contributed by atoms with van der Waals surface area (Å²) < 4.78 is 12.0. The summed E-state index contributed by atoms with van der Waals surface area (Å²) in [5, 5.41) is 0. The maximum absolute atomic E-state index is 2.32. The summed E-state index contributed by atoms with van der Waals surface area (Å²) in [4.78, 5) is 0. The molecule has 0 bridgehead atoms. The van der Waals surface area contributed by atoms with Gasteiger partial charge in [-0.05, 0) is 0 Å². The van der Waals surface area contributed by atoms with E-state index in [0.717, 1.165) is 0 Å². The van der Waals surface area contributed by atoms with Gasteiger partial charge in [0.1, 0.15) is 0 Å². The molecule has 0 aliphatic rings. The van der Waals surface area contributed by atoms with Gasteiger partial charge >= 0.3 is 142 Å². The van der Waals surface area contributed by atoms with Crippen molar-refractivity contribution in [2.24, 2.45) is 28.2 Å². The molecule has 0 fully saturated rings. The molecule has 0 unspecified atom stereocenters. The molecule has 0 aliphatic carbocycles. The van der Waals surface area contributed by atoms with E-state index in [9.17, 15) is 0 Å². The van der Waals surface area contributed by atoms with Gasteiger partial charge in [0.05, 0.1) is 0 Å². The first-order valence-corrected chi connectivity index (χ1v) is 9.10. The molecule has 2 heterocycles. The Bertz CT molecular complexity index is 1020. The van der Waals surface area contributed by atoms with Crippen molar-refractivity contribution in [2.45, 2.75) is 0 Å². The van der Waals surface area contributed by atoms with Crippen molar-refractivity contribution in [3.05, 3.63) is 56.3 Å². The molecule has 4 nitrogen and oxygen atoms in total. The van der Waals surface area contributed by atoms with Gasteiger partial charge < -0.3 is 0 Å². The van der Waals surface area contributed by atoms with Crippen LogP contribution in [0.15, 0.2) is 48.5 Å². The van der Waals surface area contributed by atoms with Gasteiger partial charge in [-0.25, -0.2) is 0 Å². The number of para-hydroxylation sites is 4. The molecule has 2 aromatic heterocycles. The van der Waals surface area contributed by atoms with Gasteiger partial charge in [-0.2, -0.15) is 0 Å². The Labute approximate surface area is 142 Å². The first kappa shape index (κ1) is 14.6. The number of benzene rings is 2. The number of fused-ring (bicyclic) bond motifs is 2. The van der Waals surface area contributed by atoms with Crippen molar-refractivity contribution in [1.82, 2.24) is 18.3 Å². The van der Waals surface area contributed by atoms with E-state index in [4.69, 9.17) is 0 Å². The Morgan fingerprint density at radius 1 is 0.522 bits per heavy atom. The summed E-state index contributed by atoms with van der Waals surface area (Å²) in [5.74, 6) is 0. The van der Waals surface area contributed by atoms with E-state index in [1.54, 1.807) is 0 Å². The molecule has 23 heavy (non-hydrogen) atoms. The summed E-state index contributed by atoms with van der Waals surface area (Å²) in [7, 11) is 8.66. The quantitative estimate of drug-likeness (QED) is 0.405. The number of rotatable bonds is 0. The molecule has 0 N–H and O–H groups in total. The molecule has 4 aromatic rings. The fraction of sp³-hybridized carbons (Fsp3) is 0.222. The molecular weight excluding hydrogens is 379 g/mol. The molecule has 0 saturated carbocycles. The van der Waals surface area contributed by atoms with Gasteiger partial charge in [-0.1, -0.05) is 0 Å². The summed E-state index contributed by atoms with van der Waals surface area (Å²) in [6.45, 7) is 0. The van der Waals surface area contributed by atoms with E-state index in [1.165, 1.54) is 29.8 Å². The number of imidazole rings is 2. The Hall–Kier alpha value is -1.96. The average Bonchev–Trinajstić information content (AvgIpc) is 2.97. The molecule has 2 aromatic carbocycles. The van der Waals surface area contributed by atoms with Gasteiger partial charge in [-0.15, -0.1) is 0 Å². The summed E-state index contributed by atoms with van der Waals surface area (Å²) >= 11 is 0.349. The third-order valence-electron chi connectivity index (χ3n) is 4.37. The van der Waals surface area contributed by atoms with E-state index in [2.05, 4.69) is 95.0 Å². The molecule has 122 valence electrons. The Balaban J connectivity index is 2.31. The number of hydrogen-bond donors (Lipinski definition) is 0. The van der Waals surface area contributed by atoms with Crippen LogP contribution < -0.4 is 0 Å². The van der Waals surface area contributed by atoms with Crippen molar-refractivity contribution in [1.29, 1.82) is 0 Å². The van der Waals surface area contributed by atoms with Crippen molar-refractivity contribution in [3.8, 4) is 0 Å². The summed E-state index contributed by atoms with van der Waals surface area (Å²) in [6, 6.07) is 17.2. The molecule has 0 atom stereocenters. The summed E-state index contributed by atoms with van der Waals surface area (Å²) in [6.07, 6.45) is 0. The first-order chi connectivity index (χ1) is 11.1. The number of hydrogen-bond acceptors (Lipinski definition) is 0. The minimum atomic E-state index is 0.349. The van der Waals surface area contributed by atoms with Crippen molar-refractivity contribution in [2.75, 3.05) is 0 Å². The molecule has 0 amide bonds. The van der Waals surface area contributed by atoms with Crippen LogP contribution in [0.25, 0.3) is 22.1 Å². The van der Waals surface area contributed by atoms with E-state index in [1.807, 2.05) is 0 Å². The Morgan fingerprint density at radius 2 is 0.783 bits per heavy atom. The van der Waals surface area contributed by atoms with Crippen LogP contribution in [0.3, 0.4) is 0 Å². The number of aromatic nitrogens is 4. The standard InChI is InChI=1S/2C9H10N2.Pd/c2*1-10-7-11(2)9-6-4-3-5-8(9)10;/h2*3-6H,1-2H3;. The van der Waals surface area contributed by atoms with Crippen LogP contribution in [0, 0.1) is 7.78 Å². The fourth-order valence-electron chi connectivity index (χ4n) is 3.16. The molecule has 5 heteroatoms. The van der Waals surface area contributed by atoms with Gasteiger partial charge in [0.25, 0.3) is 0 Å². The van der Waals surface area contributed by atoms with Crippen LogP contribution in [0.2, 0.25) is 0 Å². The van der Waals surface area contributed by atoms with Crippen LogP contribution >= 0.6 is 0 Å². The zero-order chi connectivity index (χ0) is 16.1. The van der Waals surface area contributed by atoms with E-state index in [0.29, 0.717) is 17.1 Å². The fourth-order valence-corrected chi connectivity index (χ4v) is 5.26. The van der Waals surface area contributed by atoms with Gasteiger partial charge in [-0.3, -0.25) is 0 Å². The molecule has 0 spiro atoms. The zero-order valence-electron chi connectivity index (χ0n) is 13.7. The second-order valence-corrected chi connectivity index (χ2v) is 7.55. The van der Waals surface area contributed by atoms with Crippen LogP contribution in [0.5, 0.6) is 0 Å². The second-order valence-electron chi connectivity index (χ2n) is 5.78. The average molecular weight is 399 g/mol. The molecular formula is C18H20N4Pd. The predicted octanol–water partition coefficient (Wildman–Crippen LogP) is 3.19. The third kappa shape index (κ3) is 2.08. The van der Waals surface area contributed by atoms with E-state index < -0.39 is 0 Å². The van der Waals surface area contributed by atoms with E-state index in [-0.39, 0.29) is 0 Å². The minimum absolute atomic E-state index is 0.349. The van der Waals surface area contributed by atoms with Gasteiger partial charge in [0.2, 0.25) is 0 Å². The predicted molar refractivity (Wildman–Crippen MR) is 90.3 cm³/mol. The normalized spacial score (nSPS) is 11.8.